The number of methoxy groups -OCH3 is 1. The second-order valence-electron chi connectivity index (χ2n) is 6.57. The van der Waals surface area contributed by atoms with Crippen LogP contribution < -0.4 is 9.64 Å². The number of hydrogen-bond donors (Lipinski definition) is 1. The van der Waals surface area contributed by atoms with E-state index in [4.69, 9.17) is 14.7 Å². The second-order valence-corrected chi connectivity index (χ2v) is 6.57. The molecule has 132 valence electrons. The SMILES string of the molecule is COc1ccc(N2CCN(C[C@@H](O)COC(C)(C)C#N)CC2)cc1. The molecule has 0 spiro atoms. The summed E-state index contributed by atoms with van der Waals surface area (Å²) in [5.41, 5.74) is 0.337. The number of aliphatic hydroxyl groups excluding tert-OH is 1. The van der Waals surface area contributed by atoms with Crippen LogP contribution in [-0.4, -0.2) is 68.2 Å². The highest BCUT2D eigenvalue weighted by Gasteiger charge is 2.22. The Morgan fingerprint density at radius 1 is 1.21 bits per heavy atom. The van der Waals surface area contributed by atoms with E-state index in [1.165, 1.54) is 5.69 Å². The van der Waals surface area contributed by atoms with Gasteiger partial charge in [0.25, 0.3) is 0 Å². The summed E-state index contributed by atoms with van der Waals surface area (Å²) in [7, 11) is 1.67. The fraction of sp³-hybridized carbons (Fsp3) is 0.611. The number of aliphatic hydroxyl groups is 1. The zero-order chi connectivity index (χ0) is 17.6. The number of rotatable bonds is 7. The van der Waals surface area contributed by atoms with E-state index >= 15 is 0 Å². The summed E-state index contributed by atoms with van der Waals surface area (Å²) in [6.45, 7) is 7.78. The average Bonchev–Trinajstić information content (AvgIpc) is 2.61. The Bertz CT molecular complexity index is 546. The van der Waals surface area contributed by atoms with Gasteiger partial charge in [-0.15, -0.1) is 0 Å². The van der Waals surface area contributed by atoms with Gasteiger partial charge in [-0.2, -0.15) is 5.26 Å². The molecule has 6 nitrogen and oxygen atoms in total. The first-order valence-electron chi connectivity index (χ1n) is 8.28. The monoisotopic (exact) mass is 333 g/mol. The van der Waals surface area contributed by atoms with Gasteiger partial charge in [0.1, 0.15) is 11.4 Å². The number of β-amino-alcohol motifs (C(OH)–C–C–N with tert-alkyl or cyclic N) is 1. The molecule has 0 bridgehead atoms. The standard InChI is InChI=1S/C18H27N3O3/c1-18(2,14-19)24-13-16(22)12-20-8-10-21(11-9-20)15-4-6-17(23-3)7-5-15/h4-7,16,22H,8-13H2,1-3H3/t16-/m1/s1. The molecule has 1 aliphatic rings. The van der Waals surface area contributed by atoms with Crippen molar-refractivity contribution in [2.45, 2.75) is 25.6 Å². The van der Waals surface area contributed by atoms with Crippen LogP contribution in [0.4, 0.5) is 5.69 Å². The van der Waals surface area contributed by atoms with E-state index in [0.29, 0.717) is 6.54 Å². The van der Waals surface area contributed by atoms with Crippen LogP contribution in [-0.2, 0) is 4.74 Å². The largest absolute Gasteiger partial charge is 0.497 e. The molecule has 0 radical (unpaired) electrons. The van der Waals surface area contributed by atoms with E-state index < -0.39 is 11.7 Å². The highest BCUT2D eigenvalue weighted by Crippen LogP contribution is 2.20. The van der Waals surface area contributed by atoms with Crippen LogP contribution in [0.3, 0.4) is 0 Å². The molecule has 0 amide bonds. The van der Waals surface area contributed by atoms with Crippen molar-refractivity contribution in [2.24, 2.45) is 0 Å². The molecule has 1 saturated heterocycles. The van der Waals surface area contributed by atoms with Crippen LogP contribution in [0.5, 0.6) is 5.75 Å². The quantitative estimate of drug-likeness (QED) is 0.815. The Labute approximate surface area is 144 Å². The average molecular weight is 333 g/mol. The van der Waals surface area contributed by atoms with Gasteiger partial charge < -0.3 is 19.5 Å². The predicted molar refractivity (Wildman–Crippen MR) is 93.3 cm³/mol. The van der Waals surface area contributed by atoms with Gasteiger partial charge in [-0.1, -0.05) is 0 Å². The first-order chi connectivity index (χ1) is 11.4. The topological polar surface area (TPSA) is 69.0 Å². The summed E-state index contributed by atoms with van der Waals surface area (Å²) in [6, 6.07) is 10.2. The Hall–Kier alpha value is -1.81. The summed E-state index contributed by atoms with van der Waals surface area (Å²) < 4.78 is 10.6. The van der Waals surface area contributed by atoms with Crippen molar-refractivity contribution in [1.29, 1.82) is 5.26 Å². The van der Waals surface area contributed by atoms with Gasteiger partial charge in [0, 0.05) is 38.4 Å². The maximum atomic E-state index is 10.1. The molecule has 0 aliphatic carbocycles. The highest BCUT2D eigenvalue weighted by molar-refractivity contribution is 5.49. The lowest BCUT2D eigenvalue weighted by Gasteiger charge is -2.37. The van der Waals surface area contributed by atoms with Crippen LogP contribution >= 0.6 is 0 Å². The third-order valence-electron chi connectivity index (χ3n) is 4.18. The smallest absolute Gasteiger partial charge is 0.148 e. The van der Waals surface area contributed by atoms with Crippen molar-refractivity contribution in [3.63, 3.8) is 0 Å². The molecule has 1 N–H and O–H groups in total. The van der Waals surface area contributed by atoms with Gasteiger partial charge in [0.05, 0.1) is 25.9 Å². The minimum absolute atomic E-state index is 0.180. The Kier molecular flexibility index (Phi) is 6.44. The number of hydrogen-bond acceptors (Lipinski definition) is 6. The van der Waals surface area contributed by atoms with Crippen molar-refractivity contribution < 1.29 is 14.6 Å². The third-order valence-corrected chi connectivity index (χ3v) is 4.18. The summed E-state index contributed by atoms with van der Waals surface area (Å²) in [5.74, 6) is 0.862. The molecule has 1 aliphatic heterocycles. The minimum atomic E-state index is -0.853. The lowest BCUT2D eigenvalue weighted by Crippen LogP contribution is -2.49. The van der Waals surface area contributed by atoms with Gasteiger partial charge in [0.15, 0.2) is 0 Å². The first kappa shape index (κ1) is 18.5. The molecule has 6 heteroatoms. The van der Waals surface area contributed by atoms with Crippen LogP contribution in [0.15, 0.2) is 24.3 Å². The molecule has 0 saturated carbocycles. The van der Waals surface area contributed by atoms with E-state index in [1.54, 1.807) is 21.0 Å². The maximum absolute atomic E-state index is 10.1. The lowest BCUT2D eigenvalue weighted by atomic mass is 10.2. The van der Waals surface area contributed by atoms with Crippen molar-refractivity contribution in [1.82, 2.24) is 4.90 Å². The minimum Gasteiger partial charge on any atom is -0.497 e. The zero-order valence-corrected chi connectivity index (χ0v) is 14.7. The van der Waals surface area contributed by atoms with E-state index in [0.717, 1.165) is 31.9 Å². The molecule has 0 unspecified atom stereocenters. The lowest BCUT2D eigenvalue weighted by molar-refractivity contribution is -0.0385. The normalized spacial score (nSPS) is 17.4. The van der Waals surface area contributed by atoms with Crippen LogP contribution in [0, 0.1) is 11.3 Å². The highest BCUT2D eigenvalue weighted by atomic mass is 16.5. The van der Waals surface area contributed by atoms with Crippen LogP contribution in [0.2, 0.25) is 0 Å². The Morgan fingerprint density at radius 3 is 2.38 bits per heavy atom. The first-order valence-corrected chi connectivity index (χ1v) is 8.28. The number of anilines is 1. The fourth-order valence-electron chi connectivity index (χ4n) is 2.67. The molecular formula is C18H27N3O3. The third kappa shape index (κ3) is 5.38. The summed E-state index contributed by atoms with van der Waals surface area (Å²) >= 11 is 0. The molecule has 1 aromatic rings. The number of piperazine rings is 1. The van der Waals surface area contributed by atoms with Gasteiger partial charge in [-0.25, -0.2) is 0 Å². The van der Waals surface area contributed by atoms with Gasteiger partial charge in [0.2, 0.25) is 0 Å². The second kappa shape index (κ2) is 8.34. The van der Waals surface area contributed by atoms with Crippen LogP contribution in [0.25, 0.3) is 0 Å². The summed E-state index contributed by atoms with van der Waals surface area (Å²) in [6.07, 6.45) is -0.579. The van der Waals surface area contributed by atoms with E-state index in [-0.39, 0.29) is 6.61 Å². The van der Waals surface area contributed by atoms with Crippen LogP contribution in [0.1, 0.15) is 13.8 Å². The van der Waals surface area contributed by atoms with Crippen molar-refractivity contribution >= 4 is 5.69 Å². The molecule has 2 rings (SSSR count). The van der Waals surface area contributed by atoms with Crippen molar-refractivity contribution in [3.05, 3.63) is 24.3 Å². The van der Waals surface area contributed by atoms with Crippen molar-refractivity contribution in [2.75, 3.05) is 51.3 Å². The number of nitrogens with zero attached hydrogens (tertiary/aromatic N) is 3. The Morgan fingerprint density at radius 2 is 1.83 bits per heavy atom. The molecule has 1 atom stereocenters. The molecule has 0 aromatic heterocycles. The predicted octanol–water partition coefficient (Wildman–Crippen LogP) is 1.50. The molecule has 1 aromatic carbocycles. The molecule has 1 fully saturated rings. The number of nitriles is 1. The maximum Gasteiger partial charge on any atom is 0.148 e. The fourth-order valence-corrected chi connectivity index (χ4v) is 2.67. The van der Waals surface area contributed by atoms with Gasteiger partial charge >= 0.3 is 0 Å². The molecule has 24 heavy (non-hydrogen) atoms. The number of ether oxygens (including phenoxy) is 2. The molecular weight excluding hydrogens is 306 g/mol. The van der Waals surface area contributed by atoms with E-state index in [2.05, 4.69) is 28.0 Å². The zero-order valence-electron chi connectivity index (χ0n) is 14.7. The summed E-state index contributed by atoms with van der Waals surface area (Å²) in [4.78, 5) is 4.56. The van der Waals surface area contributed by atoms with Crippen molar-refractivity contribution in [3.8, 4) is 11.8 Å². The van der Waals surface area contributed by atoms with Gasteiger partial charge in [-0.05, 0) is 38.1 Å². The van der Waals surface area contributed by atoms with Gasteiger partial charge in [-0.3, -0.25) is 4.90 Å². The molecule has 1 heterocycles. The summed E-state index contributed by atoms with van der Waals surface area (Å²) in [5, 5.41) is 19.0. The van der Waals surface area contributed by atoms with E-state index in [1.807, 2.05) is 12.1 Å². The van der Waals surface area contributed by atoms with E-state index in [9.17, 15) is 5.11 Å². The Balaban J connectivity index is 1.75. The number of benzene rings is 1.